The van der Waals surface area contributed by atoms with Crippen LogP contribution in [0.2, 0.25) is 0 Å². The number of carbonyl (C=O) groups is 1. The zero-order valence-corrected chi connectivity index (χ0v) is 14.1. The highest BCUT2D eigenvalue weighted by molar-refractivity contribution is 6.06. The number of aromatic nitrogens is 3. The van der Waals surface area contributed by atoms with Crippen LogP contribution in [0.1, 0.15) is 41.5 Å². The standard InChI is InChI=1S/C18H19FN4O/c1-10(2)23-17-13(9-20-23)8-14(12(4)21-17)18(24)22-16-7-11(3)5-6-15(16)19/h5-10H,1-4H3,(H,22,24). The van der Waals surface area contributed by atoms with Gasteiger partial charge in [-0.05, 0) is 51.5 Å². The highest BCUT2D eigenvalue weighted by Gasteiger charge is 2.16. The van der Waals surface area contributed by atoms with E-state index < -0.39 is 5.82 Å². The lowest BCUT2D eigenvalue weighted by atomic mass is 10.1. The lowest BCUT2D eigenvalue weighted by Crippen LogP contribution is -2.15. The van der Waals surface area contributed by atoms with E-state index in [0.717, 1.165) is 16.6 Å². The maximum absolute atomic E-state index is 13.8. The second-order valence-corrected chi connectivity index (χ2v) is 6.15. The van der Waals surface area contributed by atoms with Crippen molar-refractivity contribution in [3.8, 4) is 0 Å². The number of hydrogen-bond donors (Lipinski definition) is 1. The first kappa shape index (κ1) is 16.1. The molecule has 1 N–H and O–H groups in total. The van der Waals surface area contributed by atoms with Crippen LogP contribution in [0.3, 0.4) is 0 Å². The highest BCUT2D eigenvalue weighted by Crippen LogP contribution is 2.21. The molecule has 0 atom stereocenters. The van der Waals surface area contributed by atoms with Crippen molar-refractivity contribution in [3.63, 3.8) is 0 Å². The summed E-state index contributed by atoms with van der Waals surface area (Å²) in [5, 5.41) is 7.71. The summed E-state index contributed by atoms with van der Waals surface area (Å²) in [4.78, 5) is 17.0. The van der Waals surface area contributed by atoms with Crippen LogP contribution >= 0.6 is 0 Å². The first-order valence-corrected chi connectivity index (χ1v) is 7.79. The van der Waals surface area contributed by atoms with Crippen molar-refractivity contribution in [1.29, 1.82) is 0 Å². The SMILES string of the molecule is Cc1ccc(F)c(NC(=O)c2cc3cnn(C(C)C)c3nc2C)c1. The number of fused-ring (bicyclic) bond motifs is 1. The van der Waals surface area contributed by atoms with Gasteiger partial charge in [-0.2, -0.15) is 5.10 Å². The van der Waals surface area contributed by atoms with Gasteiger partial charge in [-0.3, -0.25) is 4.79 Å². The van der Waals surface area contributed by atoms with E-state index >= 15 is 0 Å². The number of hydrogen-bond acceptors (Lipinski definition) is 3. The van der Waals surface area contributed by atoms with Crippen molar-refractivity contribution in [2.45, 2.75) is 33.7 Å². The average Bonchev–Trinajstić information content (AvgIpc) is 2.92. The van der Waals surface area contributed by atoms with Crippen molar-refractivity contribution in [1.82, 2.24) is 14.8 Å². The molecule has 3 rings (SSSR count). The number of amides is 1. The minimum atomic E-state index is -0.465. The van der Waals surface area contributed by atoms with Crippen LogP contribution in [-0.4, -0.2) is 20.7 Å². The van der Waals surface area contributed by atoms with Crippen LogP contribution in [0.5, 0.6) is 0 Å². The quantitative estimate of drug-likeness (QED) is 0.791. The molecule has 1 amide bonds. The van der Waals surface area contributed by atoms with Gasteiger partial charge in [-0.15, -0.1) is 0 Å². The van der Waals surface area contributed by atoms with E-state index in [1.165, 1.54) is 6.07 Å². The molecule has 0 fully saturated rings. The molecule has 2 heterocycles. The highest BCUT2D eigenvalue weighted by atomic mass is 19.1. The Bertz CT molecular complexity index is 930. The Labute approximate surface area is 139 Å². The minimum absolute atomic E-state index is 0.164. The van der Waals surface area contributed by atoms with Crippen LogP contribution in [-0.2, 0) is 0 Å². The van der Waals surface area contributed by atoms with Gasteiger partial charge in [-0.1, -0.05) is 6.07 Å². The summed E-state index contributed by atoms with van der Waals surface area (Å²) in [6, 6.07) is 6.52. The van der Waals surface area contributed by atoms with Gasteiger partial charge < -0.3 is 5.32 Å². The zero-order valence-electron chi connectivity index (χ0n) is 14.1. The van der Waals surface area contributed by atoms with Gasteiger partial charge >= 0.3 is 0 Å². The van der Waals surface area contributed by atoms with E-state index in [1.807, 2.05) is 25.5 Å². The smallest absolute Gasteiger partial charge is 0.257 e. The van der Waals surface area contributed by atoms with E-state index in [2.05, 4.69) is 15.4 Å². The van der Waals surface area contributed by atoms with E-state index in [1.54, 1.807) is 31.3 Å². The number of pyridine rings is 1. The van der Waals surface area contributed by atoms with Gasteiger partial charge in [0.15, 0.2) is 5.65 Å². The molecule has 0 saturated heterocycles. The summed E-state index contributed by atoms with van der Waals surface area (Å²) in [5.41, 5.74) is 2.76. The predicted molar refractivity (Wildman–Crippen MR) is 91.7 cm³/mol. The maximum Gasteiger partial charge on any atom is 0.257 e. The number of aryl methyl sites for hydroxylation is 2. The topological polar surface area (TPSA) is 59.8 Å². The molecule has 124 valence electrons. The lowest BCUT2D eigenvalue weighted by molar-refractivity contribution is 0.102. The fourth-order valence-electron chi connectivity index (χ4n) is 2.60. The first-order valence-electron chi connectivity index (χ1n) is 7.79. The molecule has 0 unspecified atom stereocenters. The molecule has 0 saturated carbocycles. The first-order chi connectivity index (χ1) is 11.4. The fourth-order valence-corrected chi connectivity index (χ4v) is 2.60. The van der Waals surface area contributed by atoms with E-state index in [9.17, 15) is 9.18 Å². The Balaban J connectivity index is 1.98. The third kappa shape index (κ3) is 2.87. The lowest BCUT2D eigenvalue weighted by Gasteiger charge is -2.10. The number of nitrogens with one attached hydrogen (secondary N) is 1. The molecule has 0 aliphatic carbocycles. The summed E-state index contributed by atoms with van der Waals surface area (Å²) in [7, 11) is 0. The number of halogens is 1. The Morgan fingerprint density at radius 2 is 2.00 bits per heavy atom. The molecule has 0 bridgehead atoms. The third-order valence-electron chi connectivity index (χ3n) is 3.86. The Hall–Kier alpha value is -2.76. The molecule has 5 nitrogen and oxygen atoms in total. The monoisotopic (exact) mass is 326 g/mol. The van der Waals surface area contributed by atoms with E-state index in [4.69, 9.17) is 0 Å². The number of rotatable bonds is 3. The summed E-state index contributed by atoms with van der Waals surface area (Å²) in [6.45, 7) is 7.64. The van der Waals surface area contributed by atoms with Gasteiger partial charge in [0.1, 0.15) is 5.82 Å². The molecule has 0 spiro atoms. The molecule has 0 radical (unpaired) electrons. The fraction of sp³-hybridized carbons (Fsp3) is 0.278. The Morgan fingerprint density at radius 3 is 2.71 bits per heavy atom. The number of carbonyl (C=O) groups excluding carboxylic acids is 1. The van der Waals surface area contributed by atoms with Gasteiger partial charge in [0.2, 0.25) is 0 Å². The second-order valence-electron chi connectivity index (χ2n) is 6.15. The van der Waals surface area contributed by atoms with Gasteiger partial charge in [0, 0.05) is 11.4 Å². The van der Waals surface area contributed by atoms with Crippen LogP contribution in [0.4, 0.5) is 10.1 Å². The van der Waals surface area contributed by atoms with Crippen molar-refractivity contribution in [3.05, 3.63) is 53.1 Å². The molecular weight excluding hydrogens is 307 g/mol. The number of nitrogens with zero attached hydrogens (tertiary/aromatic N) is 3. The molecule has 0 aliphatic rings. The van der Waals surface area contributed by atoms with Crippen LogP contribution in [0.15, 0.2) is 30.5 Å². The Morgan fingerprint density at radius 1 is 1.25 bits per heavy atom. The molecule has 6 heteroatoms. The van der Waals surface area contributed by atoms with Crippen molar-refractivity contribution in [2.75, 3.05) is 5.32 Å². The molecular formula is C18H19FN4O. The number of benzene rings is 1. The van der Waals surface area contributed by atoms with Gasteiger partial charge in [-0.25, -0.2) is 14.1 Å². The van der Waals surface area contributed by atoms with E-state index in [0.29, 0.717) is 11.3 Å². The van der Waals surface area contributed by atoms with Crippen molar-refractivity contribution >= 4 is 22.6 Å². The van der Waals surface area contributed by atoms with Gasteiger partial charge in [0.05, 0.1) is 23.1 Å². The maximum atomic E-state index is 13.8. The van der Waals surface area contributed by atoms with E-state index in [-0.39, 0.29) is 17.6 Å². The molecule has 1 aromatic carbocycles. The van der Waals surface area contributed by atoms with Gasteiger partial charge in [0.25, 0.3) is 5.91 Å². The van der Waals surface area contributed by atoms with Crippen LogP contribution in [0, 0.1) is 19.7 Å². The number of anilines is 1. The average molecular weight is 326 g/mol. The predicted octanol–water partition coefficient (Wildman–Crippen LogP) is 4.02. The molecule has 2 aromatic heterocycles. The molecule has 3 aromatic rings. The summed E-state index contributed by atoms with van der Waals surface area (Å²) >= 11 is 0. The molecule has 0 aliphatic heterocycles. The van der Waals surface area contributed by atoms with Crippen LogP contribution < -0.4 is 5.32 Å². The van der Waals surface area contributed by atoms with Crippen molar-refractivity contribution in [2.24, 2.45) is 0 Å². The largest absolute Gasteiger partial charge is 0.319 e. The summed E-state index contributed by atoms with van der Waals surface area (Å²) < 4.78 is 15.7. The normalized spacial score (nSPS) is 11.2. The summed E-state index contributed by atoms with van der Waals surface area (Å²) in [6.07, 6.45) is 1.69. The zero-order chi connectivity index (χ0) is 17.4. The van der Waals surface area contributed by atoms with Crippen LogP contribution in [0.25, 0.3) is 11.0 Å². The molecule has 24 heavy (non-hydrogen) atoms. The minimum Gasteiger partial charge on any atom is -0.319 e. The second kappa shape index (κ2) is 6.03. The third-order valence-corrected chi connectivity index (χ3v) is 3.86. The van der Waals surface area contributed by atoms with Crippen molar-refractivity contribution < 1.29 is 9.18 Å². The summed E-state index contributed by atoms with van der Waals surface area (Å²) in [5.74, 6) is -0.850. The Kier molecular flexibility index (Phi) is 4.05.